The second kappa shape index (κ2) is 8.16. The van der Waals surface area contributed by atoms with Crippen LogP contribution in [0.5, 0.6) is 0 Å². The third-order valence-electron chi connectivity index (χ3n) is 4.42. The minimum absolute atomic E-state index is 0.110. The van der Waals surface area contributed by atoms with Gasteiger partial charge in [0.05, 0.1) is 23.3 Å². The number of carbonyl (C=O) groups excluding carboxylic acids is 1. The summed E-state index contributed by atoms with van der Waals surface area (Å²) in [6.07, 6.45) is 1.61. The zero-order valence-corrected chi connectivity index (χ0v) is 16.2. The fraction of sp³-hybridized carbons (Fsp3) is 0.350. The van der Waals surface area contributed by atoms with Gasteiger partial charge in [0.15, 0.2) is 5.69 Å². The molecule has 0 spiro atoms. The van der Waals surface area contributed by atoms with Crippen LogP contribution in [0.2, 0.25) is 0 Å². The highest BCUT2D eigenvalue weighted by molar-refractivity contribution is 5.94. The first-order valence-corrected chi connectivity index (χ1v) is 9.16. The van der Waals surface area contributed by atoms with Crippen LogP contribution >= 0.6 is 0 Å². The van der Waals surface area contributed by atoms with E-state index in [1.807, 2.05) is 44.2 Å². The van der Waals surface area contributed by atoms with Crippen LogP contribution in [0.4, 0.5) is 0 Å². The predicted molar refractivity (Wildman–Crippen MR) is 104 cm³/mol. The number of rotatable bonds is 7. The van der Waals surface area contributed by atoms with Crippen molar-refractivity contribution in [3.8, 4) is 5.69 Å². The zero-order chi connectivity index (χ0) is 20.3. The van der Waals surface area contributed by atoms with Crippen molar-refractivity contribution in [2.24, 2.45) is 5.92 Å². The van der Waals surface area contributed by atoms with Gasteiger partial charge in [-0.25, -0.2) is 4.68 Å². The van der Waals surface area contributed by atoms with Gasteiger partial charge in [-0.1, -0.05) is 25.1 Å². The van der Waals surface area contributed by atoms with Gasteiger partial charge in [0.1, 0.15) is 0 Å². The molecule has 28 heavy (non-hydrogen) atoms. The first-order chi connectivity index (χ1) is 13.4. The Morgan fingerprint density at radius 3 is 2.71 bits per heavy atom. The normalized spacial score (nSPS) is 11.1. The molecular weight excluding hydrogens is 358 g/mol. The molecule has 2 aromatic heterocycles. The van der Waals surface area contributed by atoms with Gasteiger partial charge in [-0.15, -0.1) is 5.10 Å². The Morgan fingerprint density at radius 1 is 1.21 bits per heavy atom. The van der Waals surface area contributed by atoms with Crippen LogP contribution in [-0.2, 0) is 4.79 Å². The summed E-state index contributed by atoms with van der Waals surface area (Å²) in [4.78, 5) is 29.9. The largest absolute Gasteiger partial charge is 0.481 e. The maximum absolute atomic E-state index is 13.0. The monoisotopic (exact) mass is 381 g/mol. The van der Waals surface area contributed by atoms with Gasteiger partial charge < -0.3 is 10.0 Å². The Hall–Kier alpha value is -3.29. The number of carboxylic acids is 1. The number of carboxylic acid groups (broad SMARTS) is 1. The highest BCUT2D eigenvalue weighted by Gasteiger charge is 2.24. The fourth-order valence-electron chi connectivity index (χ4n) is 3.12. The van der Waals surface area contributed by atoms with Crippen molar-refractivity contribution in [1.29, 1.82) is 0 Å². The Kier molecular flexibility index (Phi) is 5.67. The average Bonchev–Trinajstić information content (AvgIpc) is 3.05. The minimum atomic E-state index is -0.940. The van der Waals surface area contributed by atoms with Crippen molar-refractivity contribution in [2.75, 3.05) is 13.1 Å². The molecule has 1 N–H and O–H groups in total. The van der Waals surface area contributed by atoms with Crippen LogP contribution in [0.3, 0.4) is 0 Å². The Balaban J connectivity index is 1.96. The third kappa shape index (κ3) is 4.00. The summed E-state index contributed by atoms with van der Waals surface area (Å²) in [5, 5.41) is 18.2. The summed E-state index contributed by atoms with van der Waals surface area (Å²) >= 11 is 0. The van der Waals surface area contributed by atoms with Gasteiger partial charge in [-0.2, -0.15) is 0 Å². The average molecular weight is 381 g/mol. The summed E-state index contributed by atoms with van der Waals surface area (Å²) in [6.45, 7) is 6.34. The van der Waals surface area contributed by atoms with E-state index < -0.39 is 5.97 Å². The van der Waals surface area contributed by atoms with Crippen LogP contribution in [0.1, 0.15) is 36.5 Å². The molecule has 3 aromatic rings. The maximum atomic E-state index is 13.0. The molecule has 0 atom stereocenters. The lowest BCUT2D eigenvalue weighted by Gasteiger charge is -2.23. The number of pyridine rings is 1. The molecule has 0 bridgehead atoms. The van der Waals surface area contributed by atoms with Crippen molar-refractivity contribution >= 4 is 22.8 Å². The van der Waals surface area contributed by atoms with Crippen molar-refractivity contribution in [3.63, 3.8) is 0 Å². The number of benzene rings is 1. The van der Waals surface area contributed by atoms with Gasteiger partial charge in [0, 0.05) is 24.7 Å². The van der Waals surface area contributed by atoms with Crippen molar-refractivity contribution in [3.05, 3.63) is 47.9 Å². The molecule has 0 saturated carbocycles. The molecule has 8 heteroatoms. The molecule has 0 aliphatic heterocycles. The summed E-state index contributed by atoms with van der Waals surface area (Å²) in [5.74, 6) is -1.04. The molecule has 0 saturated heterocycles. The van der Waals surface area contributed by atoms with Gasteiger partial charge in [0.25, 0.3) is 5.91 Å². The fourth-order valence-corrected chi connectivity index (χ4v) is 3.12. The molecule has 0 aliphatic carbocycles. The summed E-state index contributed by atoms with van der Waals surface area (Å²) in [6, 6.07) is 9.48. The predicted octanol–water partition coefficient (Wildman–Crippen LogP) is 2.70. The number of nitrogens with zero attached hydrogens (tertiary/aromatic N) is 5. The lowest BCUT2D eigenvalue weighted by molar-refractivity contribution is -0.137. The van der Waals surface area contributed by atoms with E-state index >= 15 is 0 Å². The van der Waals surface area contributed by atoms with Crippen LogP contribution in [0, 0.1) is 12.8 Å². The summed E-state index contributed by atoms with van der Waals surface area (Å²) in [5.41, 5.74) is 2.44. The van der Waals surface area contributed by atoms with E-state index in [9.17, 15) is 9.59 Å². The highest BCUT2D eigenvalue weighted by Crippen LogP contribution is 2.22. The lowest BCUT2D eigenvalue weighted by Crippen LogP contribution is -2.36. The van der Waals surface area contributed by atoms with Crippen LogP contribution in [-0.4, -0.2) is 55.0 Å². The molecule has 8 nitrogen and oxygen atoms in total. The van der Waals surface area contributed by atoms with Crippen LogP contribution < -0.4 is 0 Å². The number of hydrogen-bond acceptors (Lipinski definition) is 5. The Bertz CT molecular complexity index is 1010. The lowest BCUT2D eigenvalue weighted by atomic mass is 10.1. The van der Waals surface area contributed by atoms with E-state index in [0.29, 0.717) is 12.2 Å². The van der Waals surface area contributed by atoms with Crippen molar-refractivity contribution < 1.29 is 14.7 Å². The van der Waals surface area contributed by atoms with Gasteiger partial charge in [0.2, 0.25) is 0 Å². The highest BCUT2D eigenvalue weighted by atomic mass is 16.4. The first-order valence-electron chi connectivity index (χ1n) is 9.16. The zero-order valence-electron chi connectivity index (χ0n) is 16.2. The third-order valence-corrected chi connectivity index (χ3v) is 4.42. The smallest absolute Gasteiger partial charge is 0.305 e. The number of carbonyl (C=O) groups is 2. The van der Waals surface area contributed by atoms with E-state index in [2.05, 4.69) is 15.3 Å². The molecule has 0 radical (unpaired) electrons. The van der Waals surface area contributed by atoms with E-state index in [0.717, 1.165) is 16.6 Å². The topological polar surface area (TPSA) is 101 Å². The molecule has 0 aliphatic rings. The first kappa shape index (κ1) is 19.5. The standard InChI is InChI=1S/C20H23N5O3/c1-13(2)12-24(11-9-18(26)27)20(28)19-14(3)25(23-22-19)17-8-4-7-16-15(17)6-5-10-21-16/h4-8,10,13H,9,11-12H2,1-3H3,(H,26,27). The van der Waals surface area contributed by atoms with Gasteiger partial charge in [-0.05, 0) is 37.1 Å². The Morgan fingerprint density at radius 2 is 2.00 bits per heavy atom. The second-order valence-corrected chi connectivity index (χ2v) is 7.07. The summed E-state index contributed by atoms with van der Waals surface area (Å²) < 4.78 is 1.63. The van der Waals surface area contributed by atoms with E-state index in [1.165, 1.54) is 4.90 Å². The maximum Gasteiger partial charge on any atom is 0.305 e. The molecule has 0 fully saturated rings. The number of aliphatic carboxylic acids is 1. The Labute approximate surface area is 162 Å². The van der Waals surface area contributed by atoms with Crippen LogP contribution in [0.25, 0.3) is 16.6 Å². The summed E-state index contributed by atoms with van der Waals surface area (Å²) in [7, 11) is 0. The molecule has 3 rings (SSSR count). The van der Waals surface area contributed by atoms with Crippen molar-refractivity contribution in [2.45, 2.75) is 27.2 Å². The SMILES string of the molecule is Cc1c(C(=O)N(CCC(=O)O)CC(C)C)nnn1-c1cccc2ncccc12. The number of fused-ring (bicyclic) bond motifs is 1. The molecule has 2 heterocycles. The molecule has 1 aromatic carbocycles. The molecule has 0 unspecified atom stereocenters. The molecule has 1 amide bonds. The second-order valence-electron chi connectivity index (χ2n) is 7.07. The number of aromatic nitrogens is 4. The number of amides is 1. The molecule has 146 valence electrons. The van der Waals surface area contributed by atoms with E-state index in [1.54, 1.807) is 17.8 Å². The van der Waals surface area contributed by atoms with Gasteiger partial charge >= 0.3 is 5.97 Å². The van der Waals surface area contributed by atoms with E-state index in [4.69, 9.17) is 5.11 Å². The van der Waals surface area contributed by atoms with Crippen molar-refractivity contribution in [1.82, 2.24) is 24.9 Å². The van der Waals surface area contributed by atoms with Crippen LogP contribution in [0.15, 0.2) is 36.5 Å². The minimum Gasteiger partial charge on any atom is -0.481 e. The quantitative estimate of drug-likeness (QED) is 0.675. The van der Waals surface area contributed by atoms with Gasteiger partial charge in [-0.3, -0.25) is 14.6 Å². The number of hydrogen-bond donors (Lipinski definition) is 1. The van der Waals surface area contributed by atoms with E-state index in [-0.39, 0.29) is 30.5 Å². The molecular formula is C20H23N5O3.